The summed E-state index contributed by atoms with van der Waals surface area (Å²) in [6, 6.07) is 21.4. The Balaban J connectivity index is 2.48. The Morgan fingerprint density at radius 3 is 1.74 bits per heavy atom. The molecular formula is C23H32N2O2. The molecule has 0 bridgehead atoms. The molecule has 0 atom stereocenters. The van der Waals surface area contributed by atoms with Gasteiger partial charge in [-0.3, -0.25) is 4.90 Å². The summed E-state index contributed by atoms with van der Waals surface area (Å²) in [4.78, 5) is 13.8. The van der Waals surface area contributed by atoms with Gasteiger partial charge in [0.15, 0.2) is 0 Å². The minimum Gasteiger partial charge on any atom is -0.465 e. The normalized spacial score (nSPS) is 12.0. The zero-order valence-electron chi connectivity index (χ0n) is 16.9. The molecule has 0 heterocycles. The summed E-state index contributed by atoms with van der Waals surface area (Å²) in [6.45, 7) is 10.1. The Hall–Kier alpha value is -2.33. The number of hydrogen-bond donors (Lipinski definition) is 2. The highest BCUT2D eigenvalue weighted by atomic mass is 16.4. The summed E-state index contributed by atoms with van der Waals surface area (Å²) in [7, 11) is 0. The fourth-order valence-electron chi connectivity index (χ4n) is 3.92. The highest BCUT2D eigenvalue weighted by Gasteiger charge is 2.35. The van der Waals surface area contributed by atoms with E-state index in [4.69, 9.17) is 0 Å². The Morgan fingerprint density at radius 2 is 1.37 bits per heavy atom. The summed E-state index contributed by atoms with van der Waals surface area (Å²) in [6.07, 6.45) is -0.159. The fraction of sp³-hybridized carbons (Fsp3) is 0.435. The third-order valence-electron chi connectivity index (χ3n) is 5.32. The molecule has 27 heavy (non-hydrogen) atoms. The Kier molecular flexibility index (Phi) is 7.43. The Morgan fingerprint density at radius 1 is 0.926 bits per heavy atom. The lowest BCUT2D eigenvalue weighted by molar-refractivity contribution is 0.158. The van der Waals surface area contributed by atoms with Gasteiger partial charge in [0.05, 0.1) is 0 Å². The van der Waals surface area contributed by atoms with Crippen LogP contribution in [0.25, 0.3) is 0 Å². The number of carboxylic acid groups (broad SMARTS) is 1. The van der Waals surface area contributed by atoms with Gasteiger partial charge in [0.25, 0.3) is 0 Å². The Bertz CT molecular complexity index is 651. The zero-order chi connectivity index (χ0) is 19.9. The highest BCUT2D eigenvalue weighted by Crippen LogP contribution is 2.36. The number of rotatable bonds is 9. The van der Waals surface area contributed by atoms with Crippen LogP contribution in [0.4, 0.5) is 4.79 Å². The maximum absolute atomic E-state index is 11.3. The molecule has 146 valence electrons. The predicted octanol–water partition coefficient (Wildman–Crippen LogP) is 4.75. The molecule has 0 aliphatic heterocycles. The standard InChI is InChI=1S/C23H32N2O2/c1-18(2)25(19(3)4)16-15-23(17-24-22(26)27,20-11-7-5-8-12-20)21-13-9-6-10-14-21/h5-14,18-19,24H,15-17H2,1-4H3,(H,26,27). The summed E-state index contributed by atoms with van der Waals surface area (Å²) < 4.78 is 0. The lowest BCUT2D eigenvalue weighted by atomic mass is 9.71. The lowest BCUT2D eigenvalue weighted by Gasteiger charge is -2.39. The van der Waals surface area contributed by atoms with Gasteiger partial charge in [0.1, 0.15) is 0 Å². The van der Waals surface area contributed by atoms with Gasteiger partial charge in [0, 0.05) is 24.0 Å². The van der Waals surface area contributed by atoms with Gasteiger partial charge >= 0.3 is 6.09 Å². The highest BCUT2D eigenvalue weighted by molar-refractivity contribution is 5.65. The summed E-state index contributed by atoms with van der Waals surface area (Å²) >= 11 is 0. The smallest absolute Gasteiger partial charge is 0.404 e. The SMILES string of the molecule is CC(C)N(CCC(CNC(=O)O)(c1ccccc1)c1ccccc1)C(C)C. The average molecular weight is 369 g/mol. The van der Waals surface area contributed by atoms with Gasteiger partial charge in [-0.2, -0.15) is 0 Å². The van der Waals surface area contributed by atoms with Gasteiger partial charge in [0.2, 0.25) is 0 Å². The number of nitrogens with zero attached hydrogens (tertiary/aromatic N) is 1. The van der Waals surface area contributed by atoms with E-state index in [0.717, 1.165) is 24.1 Å². The van der Waals surface area contributed by atoms with E-state index in [0.29, 0.717) is 18.6 Å². The van der Waals surface area contributed by atoms with E-state index in [1.54, 1.807) is 0 Å². The van der Waals surface area contributed by atoms with Crippen molar-refractivity contribution in [3.05, 3.63) is 71.8 Å². The van der Waals surface area contributed by atoms with Crippen molar-refractivity contribution in [2.45, 2.75) is 51.6 Å². The monoisotopic (exact) mass is 368 g/mol. The first-order chi connectivity index (χ1) is 12.9. The molecule has 0 saturated carbocycles. The van der Waals surface area contributed by atoms with Crippen molar-refractivity contribution in [1.82, 2.24) is 10.2 Å². The van der Waals surface area contributed by atoms with Crippen LogP contribution in [-0.2, 0) is 5.41 Å². The van der Waals surface area contributed by atoms with Crippen LogP contribution in [0.5, 0.6) is 0 Å². The molecule has 0 unspecified atom stereocenters. The molecule has 0 aromatic heterocycles. The fourth-order valence-corrected chi connectivity index (χ4v) is 3.92. The topological polar surface area (TPSA) is 52.6 Å². The van der Waals surface area contributed by atoms with Crippen molar-refractivity contribution >= 4 is 6.09 Å². The third kappa shape index (κ3) is 5.33. The van der Waals surface area contributed by atoms with Gasteiger partial charge in [-0.15, -0.1) is 0 Å². The predicted molar refractivity (Wildman–Crippen MR) is 111 cm³/mol. The molecule has 0 aliphatic rings. The molecule has 0 saturated heterocycles. The van der Waals surface area contributed by atoms with E-state index in [9.17, 15) is 9.90 Å². The summed E-state index contributed by atoms with van der Waals surface area (Å²) in [5.41, 5.74) is 1.86. The van der Waals surface area contributed by atoms with Gasteiger partial charge in [-0.05, 0) is 51.8 Å². The number of hydrogen-bond acceptors (Lipinski definition) is 2. The first kappa shape index (κ1) is 21.0. The van der Waals surface area contributed by atoms with Crippen LogP contribution in [0.1, 0.15) is 45.2 Å². The molecular weight excluding hydrogens is 336 g/mol. The zero-order valence-corrected chi connectivity index (χ0v) is 16.9. The molecule has 2 aromatic carbocycles. The first-order valence-electron chi connectivity index (χ1n) is 9.70. The van der Waals surface area contributed by atoms with Crippen LogP contribution in [0.15, 0.2) is 60.7 Å². The molecule has 0 aliphatic carbocycles. The van der Waals surface area contributed by atoms with E-state index < -0.39 is 11.5 Å². The molecule has 0 fully saturated rings. The Labute approximate surface area is 163 Å². The largest absolute Gasteiger partial charge is 0.465 e. The second-order valence-corrected chi connectivity index (χ2v) is 7.65. The van der Waals surface area contributed by atoms with Crippen LogP contribution in [0.3, 0.4) is 0 Å². The van der Waals surface area contributed by atoms with E-state index in [-0.39, 0.29) is 0 Å². The lowest BCUT2D eigenvalue weighted by Crippen LogP contribution is -2.46. The molecule has 4 heteroatoms. The summed E-state index contributed by atoms with van der Waals surface area (Å²) in [5.74, 6) is 0. The number of nitrogens with one attached hydrogen (secondary N) is 1. The van der Waals surface area contributed by atoms with Crippen LogP contribution in [-0.4, -0.2) is 41.3 Å². The van der Waals surface area contributed by atoms with Gasteiger partial charge < -0.3 is 10.4 Å². The van der Waals surface area contributed by atoms with Gasteiger partial charge in [-0.1, -0.05) is 60.7 Å². The minimum atomic E-state index is -0.990. The molecule has 2 rings (SSSR count). The molecule has 2 N–H and O–H groups in total. The van der Waals surface area contributed by atoms with Crippen molar-refractivity contribution in [2.75, 3.05) is 13.1 Å². The van der Waals surface area contributed by atoms with Crippen molar-refractivity contribution in [2.24, 2.45) is 0 Å². The molecule has 0 radical (unpaired) electrons. The minimum absolute atomic E-state index is 0.348. The summed E-state index contributed by atoms with van der Waals surface area (Å²) in [5, 5.41) is 12.0. The molecule has 0 spiro atoms. The number of benzene rings is 2. The van der Waals surface area contributed by atoms with Crippen molar-refractivity contribution < 1.29 is 9.90 Å². The number of carbonyl (C=O) groups is 1. The first-order valence-corrected chi connectivity index (χ1v) is 9.70. The second-order valence-electron chi connectivity index (χ2n) is 7.65. The quantitative estimate of drug-likeness (QED) is 0.671. The van der Waals surface area contributed by atoms with Crippen LogP contribution < -0.4 is 5.32 Å². The molecule has 2 aromatic rings. The maximum Gasteiger partial charge on any atom is 0.404 e. The van der Waals surface area contributed by atoms with E-state index in [1.165, 1.54) is 0 Å². The van der Waals surface area contributed by atoms with Crippen molar-refractivity contribution in [3.63, 3.8) is 0 Å². The molecule has 1 amide bonds. The van der Waals surface area contributed by atoms with E-state index >= 15 is 0 Å². The maximum atomic E-state index is 11.3. The van der Waals surface area contributed by atoms with Gasteiger partial charge in [-0.25, -0.2) is 4.79 Å². The number of amides is 1. The third-order valence-corrected chi connectivity index (χ3v) is 5.32. The van der Waals surface area contributed by atoms with E-state index in [2.05, 4.69) is 62.2 Å². The second kappa shape index (κ2) is 9.56. The van der Waals surface area contributed by atoms with Crippen molar-refractivity contribution in [1.29, 1.82) is 0 Å². The molecule has 4 nitrogen and oxygen atoms in total. The van der Waals surface area contributed by atoms with Crippen LogP contribution in [0, 0.1) is 0 Å². The van der Waals surface area contributed by atoms with Crippen LogP contribution in [0.2, 0.25) is 0 Å². The average Bonchev–Trinajstić information content (AvgIpc) is 2.65. The van der Waals surface area contributed by atoms with E-state index in [1.807, 2.05) is 36.4 Å². The van der Waals surface area contributed by atoms with Crippen LogP contribution >= 0.6 is 0 Å². The van der Waals surface area contributed by atoms with Crippen molar-refractivity contribution in [3.8, 4) is 0 Å².